The average molecular weight is 212 g/mol. The Bertz CT molecular complexity index is 524. The molecule has 1 heterocycles. The van der Waals surface area contributed by atoms with Gasteiger partial charge in [0.2, 0.25) is 0 Å². The van der Waals surface area contributed by atoms with E-state index in [-0.39, 0.29) is 0 Å². The van der Waals surface area contributed by atoms with Gasteiger partial charge in [0.25, 0.3) is 0 Å². The number of para-hydroxylation sites is 1. The quantitative estimate of drug-likeness (QED) is 0.617. The molecule has 2 rings (SSSR count). The van der Waals surface area contributed by atoms with Crippen molar-refractivity contribution >= 4 is 17.3 Å². The van der Waals surface area contributed by atoms with Crippen molar-refractivity contribution in [2.45, 2.75) is 6.04 Å². The van der Waals surface area contributed by atoms with Crippen LogP contribution in [0.1, 0.15) is 11.9 Å². The van der Waals surface area contributed by atoms with Gasteiger partial charge in [-0.25, -0.2) is 9.97 Å². The zero-order valence-electron chi connectivity index (χ0n) is 8.55. The van der Waals surface area contributed by atoms with E-state index in [4.69, 9.17) is 0 Å². The Balaban J connectivity index is 2.45. The van der Waals surface area contributed by atoms with E-state index < -0.39 is 6.04 Å². The summed E-state index contributed by atoms with van der Waals surface area (Å²) < 4.78 is 0. The fourth-order valence-electron chi connectivity index (χ4n) is 1.43. The Hall–Kier alpha value is -2.23. The van der Waals surface area contributed by atoms with Crippen LogP contribution in [0.25, 0.3) is 10.9 Å². The van der Waals surface area contributed by atoms with Crippen molar-refractivity contribution in [1.29, 1.82) is 0 Å². The predicted octanol–water partition coefficient (Wildman–Crippen LogP) is 1.51. The molecule has 79 valence electrons. The van der Waals surface area contributed by atoms with E-state index in [1.54, 1.807) is 18.7 Å². The number of hydrogen-bond donors (Lipinski definition) is 1. The van der Waals surface area contributed by atoms with Crippen molar-refractivity contribution in [3.8, 4) is 0 Å². The van der Waals surface area contributed by atoms with Crippen LogP contribution in [-0.2, 0) is 4.79 Å². The molecule has 1 unspecified atom stereocenters. The highest BCUT2D eigenvalue weighted by atomic mass is 16.1. The molecular formula is C12H10N3O. The summed E-state index contributed by atoms with van der Waals surface area (Å²) in [6.45, 7) is 3.61. The minimum absolute atomic E-state index is 0.401. The molecular weight excluding hydrogens is 202 g/mol. The predicted molar refractivity (Wildman–Crippen MR) is 61.3 cm³/mol. The Morgan fingerprint density at radius 3 is 3.00 bits per heavy atom. The summed E-state index contributed by atoms with van der Waals surface area (Å²) in [5.74, 6) is 0.511. The molecule has 1 N–H and O–H groups in total. The zero-order valence-corrected chi connectivity index (χ0v) is 8.55. The highest BCUT2D eigenvalue weighted by Gasteiger charge is 2.09. The summed E-state index contributed by atoms with van der Waals surface area (Å²) in [7, 11) is 0. The van der Waals surface area contributed by atoms with Crippen molar-refractivity contribution in [2.75, 3.05) is 0 Å². The van der Waals surface area contributed by atoms with E-state index >= 15 is 0 Å². The summed E-state index contributed by atoms with van der Waals surface area (Å²) in [5.41, 5.74) is 0.840. The number of carbonyl (C=O) groups excluding carboxylic acids is 1. The molecule has 0 aliphatic carbocycles. The largest absolute Gasteiger partial charge is 0.334 e. The number of rotatable bonds is 4. The van der Waals surface area contributed by atoms with Crippen LogP contribution in [0, 0.1) is 0 Å². The molecule has 1 radical (unpaired) electrons. The molecule has 0 aliphatic rings. The molecule has 0 bridgehead atoms. The fourth-order valence-corrected chi connectivity index (χ4v) is 1.43. The summed E-state index contributed by atoms with van der Waals surface area (Å²) in [6, 6.07) is 7.25. The van der Waals surface area contributed by atoms with Crippen LogP contribution < -0.4 is 5.32 Å². The fraction of sp³-hybridized carbons (Fsp3) is 0.0833. The smallest absolute Gasteiger partial charge is 0.310 e. The van der Waals surface area contributed by atoms with E-state index in [1.807, 2.05) is 24.3 Å². The molecule has 16 heavy (non-hydrogen) atoms. The Kier molecular flexibility index (Phi) is 2.91. The zero-order chi connectivity index (χ0) is 11.4. The van der Waals surface area contributed by atoms with E-state index in [9.17, 15) is 4.79 Å². The highest BCUT2D eigenvalue weighted by molar-refractivity contribution is 5.77. The second-order valence-electron chi connectivity index (χ2n) is 3.25. The molecule has 0 saturated carbocycles. The van der Waals surface area contributed by atoms with E-state index in [0.29, 0.717) is 5.82 Å². The number of fused-ring (bicyclic) bond motifs is 1. The number of aromatic nitrogens is 2. The molecule has 4 heteroatoms. The number of hydrogen-bond acceptors (Lipinski definition) is 3. The summed E-state index contributed by atoms with van der Waals surface area (Å²) >= 11 is 0. The van der Waals surface area contributed by atoms with Gasteiger partial charge < -0.3 is 5.32 Å². The topological polar surface area (TPSA) is 54.9 Å². The van der Waals surface area contributed by atoms with Gasteiger partial charge in [0, 0.05) is 11.6 Å². The first kappa shape index (κ1) is 10.3. The maximum atomic E-state index is 10.3. The lowest BCUT2D eigenvalue weighted by Gasteiger charge is -2.09. The van der Waals surface area contributed by atoms with Gasteiger partial charge >= 0.3 is 6.41 Å². The third-order valence-electron chi connectivity index (χ3n) is 2.24. The van der Waals surface area contributed by atoms with Crippen LogP contribution in [-0.4, -0.2) is 16.4 Å². The van der Waals surface area contributed by atoms with Crippen LogP contribution >= 0.6 is 0 Å². The van der Waals surface area contributed by atoms with Crippen molar-refractivity contribution in [3.05, 3.63) is 48.9 Å². The molecule has 0 spiro atoms. The second-order valence-corrected chi connectivity index (χ2v) is 3.25. The molecule has 0 fully saturated rings. The number of benzene rings is 1. The van der Waals surface area contributed by atoms with Gasteiger partial charge in [0.15, 0.2) is 5.82 Å². The SMILES string of the molecule is C=CC(N[C]=O)c1ncc2ccccc2n1. The van der Waals surface area contributed by atoms with Crippen molar-refractivity contribution in [2.24, 2.45) is 0 Å². The maximum absolute atomic E-state index is 10.3. The van der Waals surface area contributed by atoms with Crippen molar-refractivity contribution < 1.29 is 4.79 Å². The van der Waals surface area contributed by atoms with Gasteiger partial charge in [0.05, 0.1) is 5.52 Å². The van der Waals surface area contributed by atoms with E-state index in [0.717, 1.165) is 10.9 Å². The second kappa shape index (κ2) is 4.53. The molecule has 1 atom stereocenters. The third-order valence-corrected chi connectivity index (χ3v) is 2.24. The average Bonchev–Trinajstić information content (AvgIpc) is 2.35. The molecule has 4 nitrogen and oxygen atoms in total. The number of nitrogens with one attached hydrogen (secondary N) is 1. The summed E-state index contributed by atoms with van der Waals surface area (Å²) in [5, 5.41) is 3.43. The first-order valence-corrected chi connectivity index (χ1v) is 4.82. The molecule has 2 aromatic rings. The lowest BCUT2D eigenvalue weighted by Crippen LogP contribution is -2.19. The Labute approximate surface area is 93.0 Å². The molecule has 0 aliphatic heterocycles. The lowest BCUT2D eigenvalue weighted by atomic mass is 10.2. The van der Waals surface area contributed by atoms with Crippen molar-refractivity contribution in [3.63, 3.8) is 0 Å². The van der Waals surface area contributed by atoms with Gasteiger partial charge in [-0.05, 0) is 6.07 Å². The first-order valence-electron chi connectivity index (χ1n) is 4.82. The van der Waals surface area contributed by atoms with E-state index in [1.165, 1.54) is 0 Å². The normalized spacial score (nSPS) is 12.0. The van der Waals surface area contributed by atoms with Crippen LogP contribution in [0.15, 0.2) is 43.1 Å². The molecule has 1 aromatic heterocycles. The standard InChI is InChI=1S/C12H10N3O/c1-2-10(14-8-16)12-13-7-9-5-3-4-6-11(9)15-12/h2-7,10H,1H2,(H,14,16). The molecule has 1 amide bonds. The van der Waals surface area contributed by atoms with Gasteiger partial charge in [-0.2, -0.15) is 0 Å². The minimum atomic E-state index is -0.401. The van der Waals surface area contributed by atoms with Crippen LogP contribution in [0.4, 0.5) is 0 Å². The first-order chi connectivity index (χ1) is 7.85. The van der Waals surface area contributed by atoms with Gasteiger partial charge in [-0.1, -0.05) is 24.3 Å². The highest BCUT2D eigenvalue weighted by Crippen LogP contribution is 2.14. The number of nitrogens with zero attached hydrogens (tertiary/aromatic N) is 2. The van der Waals surface area contributed by atoms with Crippen LogP contribution in [0.5, 0.6) is 0 Å². The Morgan fingerprint density at radius 2 is 2.25 bits per heavy atom. The van der Waals surface area contributed by atoms with E-state index in [2.05, 4.69) is 21.9 Å². The lowest BCUT2D eigenvalue weighted by molar-refractivity contribution is 0.533. The van der Waals surface area contributed by atoms with Crippen molar-refractivity contribution in [1.82, 2.24) is 15.3 Å². The van der Waals surface area contributed by atoms with Gasteiger partial charge in [-0.3, -0.25) is 4.79 Å². The van der Waals surface area contributed by atoms with Crippen LogP contribution in [0.3, 0.4) is 0 Å². The molecule has 0 saturated heterocycles. The third kappa shape index (κ3) is 1.91. The summed E-state index contributed by atoms with van der Waals surface area (Å²) in [4.78, 5) is 18.8. The Morgan fingerprint density at radius 1 is 1.44 bits per heavy atom. The monoisotopic (exact) mass is 212 g/mol. The molecule has 1 aromatic carbocycles. The minimum Gasteiger partial charge on any atom is -0.334 e. The number of amides is 1. The van der Waals surface area contributed by atoms with Crippen LogP contribution in [0.2, 0.25) is 0 Å². The summed E-state index contributed by atoms with van der Waals surface area (Å²) in [6.07, 6.45) is 4.90. The van der Waals surface area contributed by atoms with Gasteiger partial charge in [-0.15, -0.1) is 6.58 Å². The van der Waals surface area contributed by atoms with Gasteiger partial charge in [0.1, 0.15) is 6.04 Å². The maximum Gasteiger partial charge on any atom is 0.310 e.